The van der Waals surface area contributed by atoms with E-state index in [1.165, 1.54) is 11.1 Å². The Kier molecular flexibility index (Phi) is 4.46. The summed E-state index contributed by atoms with van der Waals surface area (Å²) in [5.41, 5.74) is 2.73. The normalized spacial score (nSPS) is 18.4. The first-order valence-corrected chi connectivity index (χ1v) is 11.5. The van der Waals surface area contributed by atoms with E-state index in [-0.39, 0.29) is 4.08 Å². The third kappa shape index (κ3) is 2.56. The summed E-state index contributed by atoms with van der Waals surface area (Å²) in [5.74, 6) is 0. The minimum Gasteiger partial charge on any atom is -0.0622 e. The van der Waals surface area contributed by atoms with Gasteiger partial charge in [-0.1, -0.05) is 82.3 Å². The van der Waals surface area contributed by atoms with Crippen LogP contribution in [0, 0.1) is 0 Å². The molecule has 0 N–H and O–H groups in total. The highest BCUT2D eigenvalue weighted by Gasteiger charge is 2.39. The standard InChI is InChI=1S/C13H10S5/c1-3-7-11(8-4-1)13(14-16-18-17-15-13)12-9-5-2-6-10-12/h1-10H. The Labute approximate surface area is 126 Å². The van der Waals surface area contributed by atoms with Crippen LogP contribution in [-0.4, -0.2) is 0 Å². The molecule has 1 aliphatic heterocycles. The molecule has 0 amide bonds. The molecule has 1 saturated heterocycles. The SMILES string of the molecule is c1ccc(C2(c3ccccc3)SSSSS2)cc1. The fourth-order valence-corrected chi connectivity index (χ4v) is 14.0. The molecule has 1 heterocycles. The Hall–Kier alpha value is 0.190. The molecule has 5 heteroatoms. The quantitative estimate of drug-likeness (QED) is 0.598. The van der Waals surface area contributed by atoms with Gasteiger partial charge in [0.2, 0.25) is 0 Å². The molecule has 92 valence electrons. The van der Waals surface area contributed by atoms with E-state index in [1.807, 2.05) is 51.1 Å². The summed E-state index contributed by atoms with van der Waals surface area (Å²) < 4.78 is 0.00308. The van der Waals surface area contributed by atoms with Crippen LogP contribution in [0.2, 0.25) is 0 Å². The Morgan fingerprint density at radius 3 is 1.44 bits per heavy atom. The van der Waals surface area contributed by atoms with Crippen LogP contribution in [0.1, 0.15) is 11.1 Å². The highest BCUT2D eigenvalue weighted by atomic mass is 33.8. The molecule has 3 rings (SSSR count). The number of hydrogen-bond donors (Lipinski definition) is 0. The van der Waals surface area contributed by atoms with Gasteiger partial charge in [-0.2, -0.15) is 0 Å². The second-order valence-electron chi connectivity index (χ2n) is 3.72. The van der Waals surface area contributed by atoms with Gasteiger partial charge in [0.25, 0.3) is 0 Å². The minimum absolute atomic E-state index is 0.00308. The zero-order chi connectivity index (χ0) is 12.3. The van der Waals surface area contributed by atoms with E-state index < -0.39 is 0 Å². The fourth-order valence-electron chi connectivity index (χ4n) is 1.82. The molecule has 0 aromatic heterocycles. The maximum atomic E-state index is 2.23. The second kappa shape index (κ2) is 6.09. The van der Waals surface area contributed by atoms with Crippen molar-refractivity contribution < 1.29 is 0 Å². The molecule has 18 heavy (non-hydrogen) atoms. The third-order valence-corrected chi connectivity index (χ3v) is 12.9. The summed E-state index contributed by atoms with van der Waals surface area (Å²) in [4.78, 5) is 0. The van der Waals surface area contributed by atoms with Crippen LogP contribution in [0.4, 0.5) is 0 Å². The van der Waals surface area contributed by atoms with E-state index in [4.69, 9.17) is 0 Å². The molecule has 1 fully saturated rings. The first-order chi connectivity index (χ1) is 8.92. The summed E-state index contributed by atoms with van der Waals surface area (Å²) in [6, 6.07) is 21.6. The molecule has 0 bridgehead atoms. The van der Waals surface area contributed by atoms with Crippen molar-refractivity contribution in [1.29, 1.82) is 0 Å². The van der Waals surface area contributed by atoms with Gasteiger partial charge in [-0.25, -0.2) is 0 Å². The van der Waals surface area contributed by atoms with Gasteiger partial charge < -0.3 is 0 Å². The molecule has 0 aliphatic carbocycles. The van der Waals surface area contributed by atoms with Crippen LogP contribution in [0.3, 0.4) is 0 Å². The zero-order valence-corrected chi connectivity index (χ0v) is 13.4. The fraction of sp³-hybridized carbons (Fsp3) is 0.0769. The Balaban J connectivity index is 2.10. The zero-order valence-electron chi connectivity index (χ0n) is 9.31. The van der Waals surface area contributed by atoms with E-state index in [1.54, 1.807) is 0 Å². The highest BCUT2D eigenvalue weighted by molar-refractivity contribution is 9.39. The lowest BCUT2D eigenvalue weighted by Gasteiger charge is -2.34. The van der Waals surface area contributed by atoms with E-state index in [2.05, 4.69) is 60.7 Å². The lowest BCUT2D eigenvalue weighted by molar-refractivity contribution is 1.09. The molecule has 2 aromatic carbocycles. The Morgan fingerprint density at radius 1 is 0.556 bits per heavy atom. The Bertz CT molecular complexity index is 452. The maximum absolute atomic E-state index is 2.23. The summed E-state index contributed by atoms with van der Waals surface area (Å²) in [5, 5.41) is 0. The van der Waals surface area contributed by atoms with E-state index in [0.29, 0.717) is 0 Å². The third-order valence-electron chi connectivity index (χ3n) is 2.67. The van der Waals surface area contributed by atoms with E-state index >= 15 is 0 Å². The molecule has 0 saturated carbocycles. The lowest BCUT2D eigenvalue weighted by atomic mass is 10.0. The molecule has 0 nitrogen and oxygen atoms in total. The van der Waals surface area contributed by atoms with Crippen molar-refractivity contribution in [2.45, 2.75) is 4.08 Å². The van der Waals surface area contributed by atoms with Crippen LogP contribution in [0.25, 0.3) is 0 Å². The molecule has 2 aromatic rings. The average Bonchev–Trinajstić information content (AvgIpc) is 2.50. The van der Waals surface area contributed by atoms with Crippen LogP contribution >= 0.6 is 51.1 Å². The van der Waals surface area contributed by atoms with Crippen LogP contribution in [0.5, 0.6) is 0 Å². The minimum atomic E-state index is 0.00308. The monoisotopic (exact) mass is 326 g/mol. The van der Waals surface area contributed by atoms with Crippen molar-refractivity contribution in [3.05, 3.63) is 71.8 Å². The smallest absolute Gasteiger partial charge is 0.0622 e. The van der Waals surface area contributed by atoms with Crippen LogP contribution < -0.4 is 0 Å². The number of benzene rings is 2. The van der Waals surface area contributed by atoms with Crippen molar-refractivity contribution in [2.24, 2.45) is 0 Å². The first kappa shape index (κ1) is 13.2. The molecule has 0 radical (unpaired) electrons. The predicted molar refractivity (Wildman–Crippen MR) is 91.6 cm³/mol. The van der Waals surface area contributed by atoms with Gasteiger partial charge in [0.1, 0.15) is 4.08 Å². The summed E-state index contributed by atoms with van der Waals surface area (Å²) in [7, 11) is 9.46. The topological polar surface area (TPSA) is 0 Å². The summed E-state index contributed by atoms with van der Waals surface area (Å²) in [6.07, 6.45) is 0. The number of rotatable bonds is 2. The van der Waals surface area contributed by atoms with Gasteiger partial charge in [-0.3, -0.25) is 0 Å². The lowest BCUT2D eigenvalue weighted by Crippen LogP contribution is -2.17. The van der Waals surface area contributed by atoms with Gasteiger partial charge in [0, 0.05) is 0 Å². The van der Waals surface area contributed by atoms with E-state index in [0.717, 1.165) is 0 Å². The highest BCUT2D eigenvalue weighted by Crippen LogP contribution is 2.71. The molecule has 0 spiro atoms. The first-order valence-electron chi connectivity index (χ1n) is 5.40. The van der Waals surface area contributed by atoms with Gasteiger partial charge in [-0.15, -0.1) is 0 Å². The maximum Gasteiger partial charge on any atom is 0.133 e. The average molecular weight is 327 g/mol. The largest absolute Gasteiger partial charge is 0.133 e. The number of hydrogen-bond acceptors (Lipinski definition) is 5. The predicted octanol–water partition coefficient (Wildman–Crippen LogP) is 6.23. The van der Waals surface area contributed by atoms with Crippen molar-refractivity contribution in [1.82, 2.24) is 0 Å². The van der Waals surface area contributed by atoms with Gasteiger partial charge in [0.15, 0.2) is 0 Å². The Morgan fingerprint density at radius 2 is 1.00 bits per heavy atom. The van der Waals surface area contributed by atoms with Crippen molar-refractivity contribution >= 4 is 51.1 Å². The van der Waals surface area contributed by atoms with Gasteiger partial charge in [0.05, 0.1) is 0 Å². The van der Waals surface area contributed by atoms with Crippen LogP contribution in [-0.2, 0) is 4.08 Å². The summed E-state index contributed by atoms with van der Waals surface area (Å²) >= 11 is 0. The second-order valence-corrected chi connectivity index (χ2v) is 11.8. The molecule has 0 atom stereocenters. The molecule has 1 aliphatic rings. The molecular weight excluding hydrogens is 316 g/mol. The van der Waals surface area contributed by atoms with Crippen molar-refractivity contribution in [3.63, 3.8) is 0 Å². The van der Waals surface area contributed by atoms with Crippen molar-refractivity contribution in [2.75, 3.05) is 0 Å². The van der Waals surface area contributed by atoms with E-state index in [9.17, 15) is 0 Å². The van der Waals surface area contributed by atoms with Crippen molar-refractivity contribution in [3.8, 4) is 0 Å². The van der Waals surface area contributed by atoms with Gasteiger partial charge in [-0.05, 0) is 40.6 Å². The summed E-state index contributed by atoms with van der Waals surface area (Å²) in [6.45, 7) is 0. The van der Waals surface area contributed by atoms with Crippen LogP contribution in [0.15, 0.2) is 60.7 Å². The molecular formula is C13H10S5. The molecule has 0 unspecified atom stereocenters. The van der Waals surface area contributed by atoms with Gasteiger partial charge >= 0.3 is 0 Å².